The molecule has 1 rings (SSSR count). The van der Waals surface area contributed by atoms with Gasteiger partial charge in [-0.3, -0.25) is 0 Å². The number of ether oxygens (including phenoxy) is 1. The minimum Gasteiger partial charge on any atom is -0.444 e. The van der Waals surface area contributed by atoms with Crippen LogP contribution in [0.15, 0.2) is 29.2 Å². The molecule has 0 fully saturated rings. The van der Waals surface area contributed by atoms with Gasteiger partial charge in [0.15, 0.2) is 0 Å². The second-order valence-corrected chi connectivity index (χ2v) is 6.44. The Morgan fingerprint density at radius 3 is 2.60 bits per heavy atom. The molecule has 0 spiro atoms. The van der Waals surface area contributed by atoms with Gasteiger partial charge in [0.2, 0.25) is 0 Å². The summed E-state index contributed by atoms with van der Waals surface area (Å²) in [5.41, 5.74) is 6.43. The summed E-state index contributed by atoms with van der Waals surface area (Å²) in [4.78, 5) is 13.0. The molecule has 0 radical (unpaired) electrons. The van der Waals surface area contributed by atoms with E-state index in [-0.39, 0.29) is 6.04 Å². The molecule has 0 aliphatic carbocycles. The first-order valence-electron chi connectivity index (χ1n) is 6.67. The molecule has 0 heterocycles. The van der Waals surface area contributed by atoms with E-state index >= 15 is 0 Å². The first kappa shape index (κ1) is 16.9. The molecule has 1 atom stereocenters. The third-order valence-corrected chi connectivity index (χ3v) is 3.50. The lowest BCUT2D eigenvalue weighted by atomic mass is 10.1. The summed E-state index contributed by atoms with van der Waals surface area (Å²) in [7, 11) is 0. The van der Waals surface area contributed by atoms with Gasteiger partial charge in [0.1, 0.15) is 5.60 Å². The average molecular weight is 296 g/mol. The first-order chi connectivity index (χ1) is 9.35. The van der Waals surface area contributed by atoms with Crippen molar-refractivity contribution in [3.05, 3.63) is 29.8 Å². The quantitative estimate of drug-likeness (QED) is 0.820. The Morgan fingerprint density at radius 1 is 1.40 bits per heavy atom. The summed E-state index contributed by atoms with van der Waals surface area (Å²) in [6.45, 7) is 5.90. The molecule has 0 bridgehead atoms. The lowest BCUT2D eigenvalue weighted by Gasteiger charge is -2.23. The van der Waals surface area contributed by atoms with Crippen LogP contribution in [0.2, 0.25) is 0 Å². The Hall–Kier alpha value is -1.20. The molecular weight excluding hydrogens is 272 g/mol. The highest BCUT2D eigenvalue weighted by atomic mass is 32.2. The zero-order valence-electron chi connectivity index (χ0n) is 12.6. The van der Waals surface area contributed by atoms with E-state index in [4.69, 9.17) is 10.5 Å². The van der Waals surface area contributed by atoms with E-state index in [2.05, 4.69) is 17.4 Å². The van der Waals surface area contributed by atoms with Crippen molar-refractivity contribution >= 4 is 17.9 Å². The van der Waals surface area contributed by atoms with E-state index in [1.54, 1.807) is 11.8 Å². The van der Waals surface area contributed by atoms with Crippen LogP contribution in [0.5, 0.6) is 0 Å². The van der Waals surface area contributed by atoms with Gasteiger partial charge in [-0.2, -0.15) is 0 Å². The van der Waals surface area contributed by atoms with Crippen LogP contribution in [0.4, 0.5) is 4.79 Å². The Morgan fingerprint density at radius 2 is 2.05 bits per heavy atom. The number of amides is 1. The van der Waals surface area contributed by atoms with Crippen molar-refractivity contribution in [2.24, 2.45) is 5.73 Å². The summed E-state index contributed by atoms with van der Waals surface area (Å²) in [6, 6.07) is 8.01. The van der Waals surface area contributed by atoms with E-state index in [1.807, 2.05) is 39.2 Å². The van der Waals surface area contributed by atoms with Crippen LogP contribution in [0.3, 0.4) is 0 Å². The van der Waals surface area contributed by atoms with Crippen LogP contribution >= 0.6 is 11.8 Å². The summed E-state index contributed by atoms with van der Waals surface area (Å²) in [6.07, 6.45) is 2.32. The SMILES string of the molecule is CSc1ccccc1CC(CN)NC(=O)OC(C)(C)C. The number of carbonyl (C=O) groups is 1. The molecule has 3 N–H and O–H groups in total. The van der Waals surface area contributed by atoms with E-state index in [9.17, 15) is 4.79 Å². The van der Waals surface area contributed by atoms with Crippen LogP contribution in [0.1, 0.15) is 26.3 Å². The fraction of sp³-hybridized carbons (Fsp3) is 0.533. The first-order valence-corrected chi connectivity index (χ1v) is 7.89. The number of rotatable bonds is 5. The lowest BCUT2D eigenvalue weighted by molar-refractivity contribution is 0.0506. The normalized spacial score (nSPS) is 12.8. The molecule has 4 nitrogen and oxygen atoms in total. The Balaban J connectivity index is 2.65. The van der Waals surface area contributed by atoms with E-state index < -0.39 is 11.7 Å². The number of carbonyl (C=O) groups excluding carboxylic acids is 1. The molecule has 5 heteroatoms. The molecule has 0 saturated heterocycles. The zero-order chi connectivity index (χ0) is 15.2. The fourth-order valence-corrected chi connectivity index (χ4v) is 2.43. The van der Waals surface area contributed by atoms with E-state index in [1.165, 1.54) is 10.5 Å². The number of nitrogens with one attached hydrogen (secondary N) is 1. The summed E-state index contributed by atoms with van der Waals surface area (Å²) in [5, 5.41) is 2.83. The number of thioether (sulfide) groups is 1. The Kier molecular flexibility index (Phi) is 6.36. The predicted molar refractivity (Wildman–Crippen MR) is 84.1 cm³/mol. The third kappa shape index (κ3) is 5.84. The van der Waals surface area contributed by atoms with Crippen molar-refractivity contribution < 1.29 is 9.53 Å². The largest absolute Gasteiger partial charge is 0.444 e. The summed E-state index contributed by atoms with van der Waals surface area (Å²) in [5.74, 6) is 0. The van der Waals surface area contributed by atoms with Gasteiger partial charge >= 0.3 is 6.09 Å². The zero-order valence-corrected chi connectivity index (χ0v) is 13.4. The molecule has 0 aliphatic rings. The number of hydrogen-bond donors (Lipinski definition) is 2. The van der Waals surface area contributed by atoms with Crippen LogP contribution in [0, 0.1) is 0 Å². The maximum Gasteiger partial charge on any atom is 0.407 e. The second kappa shape index (κ2) is 7.55. The van der Waals surface area contributed by atoms with Crippen molar-refractivity contribution in [2.45, 2.75) is 43.7 Å². The van der Waals surface area contributed by atoms with E-state index in [0.29, 0.717) is 13.0 Å². The highest BCUT2D eigenvalue weighted by molar-refractivity contribution is 7.98. The number of nitrogens with two attached hydrogens (primary N) is 1. The minimum atomic E-state index is -0.500. The van der Waals surface area contributed by atoms with Crippen molar-refractivity contribution in [3.8, 4) is 0 Å². The average Bonchev–Trinajstić information content (AvgIpc) is 2.36. The molecule has 1 amide bonds. The van der Waals surface area contributed by atoms with Gasteiger partial charge in [-0.25, -0.2) is 4.79 Å². The minimum absolute atomic E-state index is 0.127. The Labute approximate surface area is 125 Å². The molecule has 1 unspecified atom stereocenters. The van der Waals surface area contributed by atoms with Gasteiger partial charge in [0.25, 0.3) is 0 Å². The highest BCUT2D eigenvalue weighted by Gasteiger charge is 2.19. The van der Waals surface area contributed by atoms with Crippen LogP contribution in [-0.2, 0) is 11.2 Å². The topological polar surface area (TPSA) is 64.3 Å². The van der Waals surface area contributed by atoms with Crippen molar-refractivity contribution in [1.82, 2.24) is 5.32 Å². The number of benzene rings is 1. The lowest BCUT2D eigenvalue weighted by Crippen LogP contribution is -2.44. The van der Waals surface area contributed by atoms with Gasteiger partial charge < -0.3 is 15.8 Å². The molecule has 20 heavy (non-hydrogen) atoms. The van der Waals surface area contributed by atoms with E-state index in [0.717, 1.165) is 0 Å². The summed E-state index contributed by atoms with van der Waals surface area (Å²) >= 11 is 1.69. The molecule has 112 valence electrons. The van der Waals surface area contributed by atoms with Crippen LogP contribution < -0.4 is 11.1 Å². The monoisotopic (exact) mass is 296 g/mol. The maximum absolute atomic E-state index is 11.8. The molecule has 0 aliphatic heterocycles. The van der Waals surface area contributed by atoms with Crippen molar-refractivity contribution in [1.29, 1.82) is 0 Å². The van der Waals surface area contributed by atoms with Crippen LogP contribution in [-0.4, -0.2) is 30.5 Å². The fourth-order valence-electron chi connectivity index (χ4n) is 1.80. The van der Waals surface area contributed by atoms with Gasteiger partial charge in [-0.15, -0.1) is 11.8 Å². The standard InChI is InChI=1S/C15H24N2O2S/c1-15(2,3)19-14(18)17-12(10-16)9-11-7-5-6-8-13(11)20-4/h5-8,12H,9-10,16H2,1-4H3,(H,17,18). The van der Waals surface area contributed by atoms with Gasteiger partial charge in [-0.1, -0.05) is 18.2 Å². The van der Waals surface area contributed by atoms with Gasteiger partial charge in [0, 0.05) is 17.5 Å². The van der Waals surface area contributed by atoms with Crippen molar-refractivity contribution in [2.75, 3.05) is 12.8 Å². The van der Waals surface area contributed by atoms with Gasteiger partial charge in [0.05, 0.1) is 0 Å². The van der Waals surface area contributed by atoms with Crippen LogP contribution in [0.25, 0.3) is 0 Å². The molecule has 1 aromatic rings. The third-order valence-electron chi connectivity index (χ3n) is 2.66. The molecule has 1 aromatic carbocycles. The molecule has 0 saturated carbocycles. The molecular formula is C15H24N2O2S. The van der Waals surface area contributed by atoms with Gasteiger partial charge in [-0.05, 0) is 45.1 Å². The Bertz CT molecular complexity index is 444. The second-order valence-electron chi connectivity index (χ2n) is 5.59. The number of alkyl carbamates (subject to hydrolysis) is 1. The number of hydrogen-bond acceptors (Lipinski definition) is 4. The smallest absolute Gasteiger partial charge is 0.407 e. The molecule has 0 aromatic heterocycles. The predicted octanol–water partition coefficient (Wildman–Crippen LogP) is 2.80. The maximum atomic E-state index is 11.8. The summed E-state index contributed by atoms with van der Waals surface area (Å²) < 4.78 is 5.25. The van der Waals surface area contributed by atoms with Crippen molar-refractivity contribution in [3.63, 3.8) is 0 Å². The highest BCUT2D eigenvalue weighted by Crippen LogP contribution is 2.21.